The highest BCUT2D eigenvalue weighted by Crippen LogP contribution is 2.49. The van der Waals surface area contributed by atoms with Crippen molar-refractivity contribution in [2.45, 2.75) is 20.8 Å². The molecule has 0 aliphatic rings. The van der Waals surface area contributed by atoms with Gasteiger partial charge >= 0.3 is 7.60 Å². The highest BCUT2D eigenvalue weighted by Gasteiger charge is 2.31. The fraction of sp³-hybridized carbons (Fsp3) is 0.455. The van der Waals surface area contributed by atoms with Gasteiger partial charge in [-0.05, 0) is 38.5 Å². The highest BCUT2D eigenvalue weighted by molar-refractivity contribution is 7.62. The first kappa shape index (κ1) is 14.2. The Kier molecular flexibility index (Phi) is 4.69. The zero-order valence-electron chi connectivity index (χ0n) is 10.1. The zero-order valence-corrected chi connectivity index (χ0v) is 11.0. The van der Waals surface area contributed by atoms with Gasteiger partial charge in [0, 0.05) is 0 Å². The molecule has 0 amide bonds. The molecule has 0 aromatic heterocycles. The Hall–Kier alpha value is -0.900. The van der Waals surface area contributed by atoms with Gasteiger partial charge in [0.2, 0.25) is 0 Å². The molecule has 0 atom stereocenters. The minimum atomic E-state index is -3.65. The molecule has 1 N–H and O–H groups in total. The van der Waals surface area contributed by atoms with E-state index in [-0.39, 0.29) is 24.3 Å². The van der Waals surface area contributed by atoms with Crippen molar-refractivity contribution in [3.05, 3.63) is 23.5 Å². The number of benzene rings is 1. The largest absolute Gasteiger partial charge is 0.507 e. The zero-order chi connectivity index (χ0) is 13.1. The van der Waals surface area contributed by atoms with Gasteiger partial charge in [-0.1, -0.05) is 0 Å². The summed E-state index contributed by atoms with van der Waals surface area (Å²) in [5.74, 6) is -0.841. The third kappa shape index (κ3) is 3.06. The lowest BCUT2D eigenvalue weighted by Crippen LogP contribution is -2.13. The van der Waals surface area contributed by atoms with Crippen molar-refractivity contribution in [2.24, 2.45) is 0 Å². The minimum Gasteiger partial charge on any atom is -0.507 e. The van der Waals surface area contributed by atoms with Crippen LogP contribution in [0.2, 0.25) is 0 Å². The molecule has 0 unspecified atom stereocenters. The fourth-order valence-electron chi connectivity index (χ4n) is 1.44. The Morgan fingerprint density at radius 2 is 1.82 bits per heavy atom. The second kappa shape index (κ2) is 5.63. The summed E-state index contributed by atoms with van der Waals surface area (Å²) in [4.78, 5) is 0. The molecular weight excluding hydrogens is 246 g/mol. The smallest absolute Gasteiger partial charge is 0.365 e. The normalized spacial score (nSPS) is 11.8. The van der Waals surface area contributed by atoms with Gasteiger partial charge in [-0.3, -0.25) is 4.57 Å². The summed E-state index contributed by atoms with van der Waals surface area (Å²) in [7, 11) is -3.65. The number of hydrogen-bond acceptors (Lipinski definition) is 4. The molecule has 1 aromatic rings. The first-order valence-electron chi connectivity index (χ1n) is 5.33. The van der Waals surface area contributed by atoms with E-state index >= 15 is 0 Å². The van der Waals surface area contributed by atoms with Crippen molar-refractivity contribution in [2.75, 3.05) is 13.2 Å². The van der Waals surface area contributed by atoms with Crippen LogP contribution < -0.4 is 5.30 Å². The maximum Gasteiger partial charge on any atom is 0.365 e. The summed E-state index contributed by atoms with van der Waals surface area (Å²) in [6.07, 6.45) is 0. The van der Waals surface area contributed by atoms with Crippen LogP contribution in [0.15, 0.2) is 12.1 Å². The van der Waals surface area contributed by atoms with Gasteiger partial charge < -0.3 is 14.2 Å². The molecule has 1 aromatic carbocycles. The van der Waals surface area contributed by atoms with Crippen LogP contribution in [0.25, 0.3) is 0 Å². The van der Waals surface area contributed by atoms with E-state index in [1.54, 1.807) is 13.8 Å². The third-order valence-electron chi connectivity index (χ3n) is 2.14. The molecule has 6 heteroatoms. The molecule has 0 spiro atoms. The van der Waals surface area contributed by atoms with Crippen LogP contribution >= 0.6 is 7.60 Å². The Morgan fingerprint density at radius 3 is 2.29 bits per heavy atom. The van der Waals surface area contributed by atoms with Crippen LogP contribution in [-0.2, 0) is 13.6 Å². The van der Waals surface area contributed by atoms with E-state index in [9.17, 15) is 14.1 Å². The van der Waals surface area contributed by atoms with Crippen molar-refractivity contribution >= 4 is 12.9 Å². The van der Waals surface area contributed by atoms with Crippen LogP contribution in [0, 0.1) is 12.7 Å². The first-order chi connectivity index (χ1) is 7.94. The van der Waals surface area contributed by atoms with Crippen molar-refractivity contribution < 1.29 is 23.1 Å². The Labute approximate surface area is 99.9 Å². The molecule has 0 heterocycles. The van der Waals surface area contributed by atoms with E-state index in [0.717, 1.165) is 12.1 Å². The predicted octanol–water partition coefficient (Wildman–Crippen LogP) is 2.73. The van der Waals surface area contributed by atoms with E-state index in [1.807, 2.05) is 0 Å². The number of hydrogen-bond donors (Lipinski definition) is 1. The van der Waals surface area contributed by atoms with Crippen LogP contribution in [-0.4, -0.2) is 18.3 Å². The summed E-state index contributed by atoms with van der Waals surface area (Å²) in [6, 6.07) is 2.13. The van der Waals surface area contributed by atoms with E-state index in [4.69, 9.17) is 9.05 Å². The number of phenols is 1. The van der Waals surface area contributed by atoms with E-state index in [1.165, 1.54) is 6.92 Å². The van der Waals surface area contributed by atoms with Gasteiger partial charge in [0.1, 0.15) is 16.9 Å². The molecule has 1 rings (SSSR count). The summed E-state index contributed by atoms with van der Waals surface area (Å²) >= 11 is 0. The first-order valence-corrected chi connectivity index (χ1v) is 6.87. The summed E-state index contributed by atoms with van der Waals surface area (Å²) < 4.78 is 35.8. The Bertz CT molecular complexity index is 437. The number of phenolic OH excluding ortho intramolecular Hbond substituents is 1. The Balaban J connectivity index is 3.32. The average molecular weight is 262 g/mol. The van der Waals surface area contributed by atoms with Crippen LogP contribution in [0.3, 0.4) is 0 Å². The SMILES string of the molecule is CCOP(=O)(OCC)c1cc(F)cc(C)c1O. The summed E-state index contributed by atoms with van der Waals surface area (Å²) in [5, 5.41) is 9.69. The molecule has 0 aliphatic carbocycles. The molecule has 0 bridgehead atoms. The van der Waals surface area contributed by atoms with Gasteiger partial charge in [-0.15, -0.1) is 0 Å². The predicted molar refractivity (Wildman–Crippen MR) is 63.3 cm³/mol. The van der Waals surface area contributed by atoms with Gasteiger partial charge in [0.25, 0.3) is 0 Å². The Morgan fingerprint density at radius 1 is 1.29 bits per heavy atom. The van der Waals surface area contributed by atoms with Crippen molar-refractivity contribution in [1.29, 1.82) is 0 Å². The molecule has 96 valence electrons. The molecule has 4 nitrogen and oxygen atoms in total. The van der Waals surface area contributed by atoms with Crippen molar-refractivity contribution in [3.8, 4) is 5.75 Å². The molecular formula is C11H16FO4P. The lowest BCUT2D eigenvalue weighted by molar-refractivity contribution is 0.229. The van der Waals surface area contributed by atoms with E-state index in [2.05, 4.69) is 0 Å². The molecule has 0 radical (unpaired) electrons. The topological polar surface area (TPSA) is 55.8 Å². The summed E-state index contributed by atoms with van der Waals surface area (Å²) in [6.45, 7) is 5.10. The monoisotopic (exact) mass is 262 g/mol. The summed E-state index contributed by atoms with van der Waals surface area (Å²) in [5.41, 5.74) is 0.291. The molecule has 0 aliphatic heterocycles. The van der Waals surface area contributed by atoms with E-state index in [0.29, 0.717) is 5.56 Å². The maximum atomic E-state index is 13.3. The molecule has 17 heavy (non-hydrogen) atoms. The van der Waals surface area contributed by atoms with Gasteiger partial charge in [0.05, 0.1) is 13.2 Å². The van der Waals surface area contributed by atoms with Gasteiger partial charge in [0.15, 0.2) is 0 Å². The molecule has 0 fully saturated rings. The lowest BCUT2D eigenvalue weighted by Gasteiger charge is -2.18. The van der Waals surface area contributed by atoms with Gasteiger partial charge in [-0.2, -0.15) is 0 Å². The fourth-order valence-corrected chi connectivity index (χ4v) is 3.19. The lowest BCUT2D eigenvalue weighted by atomic mass is 10.2. The average Bonchev–Trinajstić information content (AvgIpc) is 2.24. The number of halogens is 1. The standard InChI is InChI=1S/C11H16FO4P/c1-4-15-17(14,16-5-2)10-7-9(12)6-8(3)11(10)13/h6-7,13H,4-5H2,1-3H3. The highest BCUT2D eigenvalue weighted by atomic mass is 31.2. The van der Waals surface area contributed by atoms with Crippen molar-refractivity contribution in [3.63, 3.8) is 0 Å². The quantitative estimate of drug-likeness (QED) is 0.829. The van der Waals surface area contributed by atoms with Crippen LogP contribution in [0.4, 0.5) is 4.39 Å². The third-order valence-corrected chi connectivity index (χ3v) is 4.27. The second-order valence-electron chi connectivity index (χ2n) is 3.42. The number of aromatic hydroxyl groups is 1. The number of rotatable bonds is 5. The second-order valence-corrected chi connectivity index (χ2v) is 5.42. The van der Waals surface area contributed by atoms with Crippen LogP contribution in [0.5, 0.6) is 5.75 Å². The van der Waals surface area contributed by atoms with E-state index < -0.39 is 13.4 Å². The maximum absolute atomic E-state index is 13.3. The number of aryl methyl sites for hydroxylation is 1. The van der Waals surface area contributed by atoms with Crippen molar-refractivity contribution in [1.82, 2.24) is 0 Å². The molecule has 0 saturated heterocycles. The van der Waals surface area contributed by atoms with Gasteiger partial charge in [-0.25, -0.2) is 4.39 Å². The molecule has 0 saturated carbocycles. The minimum absolute atomic E-state index is 0.126. The van der Waals surface area contributed by atoms with Crippen LogP contribution in [0.1, 0.15) is 19.4 Å².